The van der Waals surface area contributed by atoms with E-state index in [4.69, 9.17) is 9.47 Å². The van der Waals surface area contributed by atoms with Crippen LogP contribution in [0.4, 0.5) is 5.69 Å². The van der Waals surface area contributed by atoms with Crippen molar-refractivity contribution in [3.05, 3.63) is 46.7 Å². The van der Waals surface area contributed by atoms with Gasteiger partial charge >= 0.3 is 0 Å². The molecule has 1 aliphatic rings. The zero-order chi connectivity index (χ0) is 13.9. The van der Waals surface area contributed by atoms with Gasteiger partial charge in [0, 0.05) is 18.0 Å². The number of benzene rings is 1. The number of hydrogen-bond acceptors (Lipinski definition) is 4. The van der Waals surface area contributed by atoms with E-state index in [2.05, 4.69) is 26.2 Å². The Hall–Kier alpha value is -2.08. The summed E-state index contributed by atoms with van der Waals surface area (Å²) in [5.41, 5.74) is 1.14. The van der Waals surface area contributed by atoms with Gasteiger partial charge in [0.1, 0.15) is 17.8 Å². The summed E-state index contributed by atoms with van der Waals surface area (Å²) in [5, 5.41) is 2.80. The number of amides is 1. The first kappa shape index (κ1) is 12.9. The topological polar surface area (TPSA) is 60.5 Å². The third-order valence-corrected chi connectivity index (χ3v) is 3.26. The maximum Gasteiger partial charge on any atom is 0.257 e. The average Bonchev–Trinajstić information content (AvgIpc) is 2.48. The number of nitrogens with one attached hydrogen (secondary N) is 1. The number of halogens is 1. The molecule has 0 atom stereocenters. The van der Waals surface area contributed by atoms with Crippen molar-refractivity contribution in [2.24, 2.45) is 0 Å². The smallest absolute Gasteiger partial charge is 0.257 e. The molecule has 1 aromatic carbocycles. The molecule has 0 bridgehead atoms. The molecule has 3 rings (SSSR count). The van der Waals surface area contributed by atoms with Crippen LogP contribution in [-0.4, -0.2) is 24.1 Å². The zero-order valence-corrected chi connectivity index (χ0v) is 12.0. The van der Waals surface area contributed by atoms with Gasteiger partial charge in [-0.2, -0.15) is 0 Å². The van der Waals surface area contributed by atoms with E-state index in [1.807, 2.05) is 0 Å². The molecule has 2 heterocycles. The van der Waals surface area contributed by atoms with E-state index in [9.17, 15) is 4.79 Å². The van der Waals surface area contributed by atoms with Crippen LogP contribution >= 0.6 is 15.9 Å². The lowest BCUT2D eigenvalue weighted by molar-refractivity contribution is 0.102. The molecule has 1 aliphatic heterocycles. The van der Waals surface area contributed by atoms with E-state index in [1.165, 1.54) is 6.20 Å². The van der Waals surface area contributed by atoms with Gasteiger partial charge in [-0.05, 0) is 40.2 Å². The molecule has 2 aromatic rings. The maximum atomic E-state index is 12.1. The van der Waals surface area contributed by atoms with Gasteiger partial charge in [0.2, 0.25) is 0 Å². The van der Waals surface area contributed by atoms with Crippen LogP contribution in [0.5, 0.6) is 11.5 Å². The molecule has 0 spiro atoms. The first-order valence-corrected chi connectivity index (χ1v) is 6.84. The summed E-state index contributed by atoms with van der Waals surface area (Å²) in [6, 6.07) is 8.73. The molecule has 6 heteroatoms. The summed E-state index contributed by atoms with van der Waals surface area (Å²) in [5.74, 6) is 1.12. The Balaban J connectivity index is 1.77. The number of rotatable bonds is 2. The average molecular weight is 335 g/mol. The van der Waals surface area contributed by atoms with E-state index in [0.29, 0.717) is 40.6 Å². The van der Waals surface area contributed by atoms with Gasteiger partial charge in [-0.25, -0.2) is 4.98 Å². The van der Waals surface area contributed by atoms with E-state index in [-0.39, 0.29) is 5.91 Å². The Morgan fingerprint density at radius 2 is 1.95 bits per heavy atom. The SMILES string of the molecule is O=C(Nc1ccc2c(c1)OCCO2)c1ccc(Br)nc1. The minimum atomic E-state index is -0.221. The molecule has 1 aromatic heterocycles. The Morgan fingerprint density at radius 1 is 1.15 bits per heavy atom. The van der Waals surface area contributed by atoms with E-state index in [1.54, 1.807) is 30.3 Å². The molecule has 5 nitrogen and oxygen atoms in total. The van der Waals surface area contributed by atoms with Gasteiger partial charge in [-0.3, -0.25) is 4.79 Å². The Bertz CT molecular complexity index is 643. The molecule has 0 aliphatic carbocycles. The van der Waals surface area contributed by atoms with Crippen LogP contribution in [0.2, 0.25) is 0 Å². The second kappa shape index (κ2) is 5.50. The molecule has 0 saturated heterocycles. The lowest BCUT2D eigenvalue weighted by Gasteiger charge is -2.19. The normalized spacial score (nSPS) is 12.8. The monoisotopic (exact) mass is 334 g/mol. The highest BCUT2D eigenvalue weighted by molar-refractivity contribution is 9.10. The fourth-order valence-electron chi connectivity index (χ4n) is 1.83. The van der Waals surface area contributed by atoms with Crippen LogP contribution < -0.4 is 14.8 Å². The molecule has 1 amide bonds. The van der Waals surface area contributed by atoms with Crippen LogP contribution in [0.15, 0.2) is 41.1 Å². The van der Waals surface area contributed by atoms with Gasteiger partial charge in [0.15, 0.2) is 11.5 Å². The third kappa shape index (κ3) is 2.75. The number of aromatic nitrogens is 1. The van der Waals surface area contributed by atoms with Crippen molar-refractivity contribution in [2.45, 2.75) is 0 Å². The summed E-state index contributed by atoms with van der Waals surface area (Å²) in [7, 11) is 0. The predicted octanol–water partition coefficient (Wildman–Crippen LogP) is 2.87. The highest BCUT2D eigenvalue weighted by Crippen LogP contribution is 2.32. The molecule has 0 unspecified atom stereocenters. The standard InChI is InChI=1S/C14H11BrN2O3/c15-13-4-1-9(8-16-13)14(18)17-10-2-3-11-12(7-10)20-6-5-19-11/h1-4,7-8H,5-6H2,(H,17,18). The molecule has 20 heavy (non-hydrogen) atoms. The van der Waals surface area contributed by atoms with E-state index < -0.39 is 0 Å². The summed E-state index contributed by atoms with van der Waals surface area (Å²) in [6.07, 6.45) is 1.51. The van der Waals surface area contributed by atoms with Gasteiger partial charge in [-0.1, -0.05) is 0 Å². The van der Waals surface area contributed by atoms with Crippen molar-refractivity contribution in [3.8, 4) is 11.5 Å². The summed E-state index contributed by atoms with van der Waals surface area (Å²) < 4.78 is 11.6. The van der Waals surface area contributed by atoms with E-state index >= 15 is 0 Å². The van der Waals surface area contributed by atoms with Crippen LogP contribution in [0.25, 0.3) is 0 Å². The summed E-state index contributed by atoms with van der Waals surface area (Å²) in [6.45, 7) is 1.06. The Morgan fingerprint density at radius 3 is 2.70 bits per heavy atom. The van der Waals surface area contributed by atoms with Crippen molar-refractivity contribution in [1.82, 2.24) is 4.98 Å². The van der Waals surface area contributed by atoms with Crippen LogP contribution in [0, 0.1) is 0 Å². The maximum absolute atomic E-state index is 12.1. The molecule has 0 radical (unpaired) electrons. The zero-order valence-electron chi connectivity index (χ0n) is 10.4. The molecule has 1 N–H and O–H groups in total. The molecule has 0 fully saturated rings. The summed E-state index contributed by atoms with van der Waals surface area (Å²) in [4.78, 5) is 16.1. The first-order chi connectivity index (χ1) is 9.72. The number of hydrogen-bond donors (Lipinski definition) is 1. The highest BCUT2D eigenvalue weighted by Gasteiger charge is 2.13. The van der Waals surface area contributed by atoms with Crippen molar-refractivity contribution < 1.29 is 14.3 Å². The minimum absolute atomic E-state index is 0.221. The second-order valence-corrected chi connectivity index (χ2v) is 4.99. The third-order valence-electron chi connectivity index (χ3n) is 2.79. The van der Waals surface area contributed by atoms with E-state index in [0.717, 1.165) is 0 Å². The minimum Gasteiger partial charge on any atom is -0.486 e. The van der Waals surface area contributed by atoms with Gasteiger partial charge < -0.3 is 14.8 Å². The van der Waals surface area contributed by atoms with Crippen molar-refractivity contribution in [3.63, 3.8) is 0 Å². The van der Waals surface area contributed by atoms with Gasteiger partial charge in [0.05, 0.1) is 5.56 Å². The number of carbonyl (C=O) groups is 1. The number of ether oxygens (including phenoxy) is 2. The Labute approximate surface area is 124 Å². The largest absolute Gasteiger partial charge is 0.486 e. The molecule has 0 saturated carbocycles. The number of anilines is 1. The van der Waals surface area contributed by atoms with Crippen LogP contribution in [0.3, 0.4) is 0 Å². The highest BCUT2D eigenvalue weighted by atomic mass is 79.9. The fourth-order valence-corrected chi connectivity index (χ4v) is 2.07. The predicted molar refractivity (Wildman–Crippen MR) is 77.3 cm³/mol. The van der Waals surface area contributed by atoms with Crippen molar-refractivity contribution >= 4 is 27.5 Å². The van der Waals surface area contributed by atoms with Crippen molar-refractivity contribution in [2.75, 3.05) is 18.5 Å². The van der Waals surface area contributed by atoms with Crippen LogP contribution in [-0.2, 0) is 0 Å². The van der Waals surface area contributed by atoms with Gasteiger partial charge in [0.25, 0.3) is 5.91 Å². The fraction of sp³-hybridized carbons (Fsp3) is 0.143. The second-order valence-electron chi connectivity index (χ2n) is 4.18. The molecular formula is C14H11BrN2O3. The number of carbonyl (C=O) groups excluding carboxylic acids is 1. The Kier molecular flexibility index (Phi) is 3.56. The lowest BCUT2D eigenvalue weighted by Crippen LogP contribution is -2.16. The number of pyridine rings is 1. The van der Waals surface area contributed by atoms with Crippen molar-refractivity contribution in [1.29, 1.82) is 0 Å². The van der Waals surface area contributed by atoms with Gasteiger partial charge in [-0.15, -0.1) is 0 Å². The van der Waals surface area contributed by atoms with Crippen LogP contribution in [0.1, 0.15) is 10.4 Å². The molecule has 102 valence electrons. The quantitative estimate of drug-likeness (QED) is 0.858. The number of nitrogens with zero attached hydrogens (tertiary/aromatic N) is 1. The first-order valence-electron chi connectivity index (χ1n) is 6.05. The molecular weight excluding hydrogens is 324 g/mol. The summed E-state index contributed by atoms with van der Waals surface area (Å²) >= 11 is 3.23. The number of fused-ring (bicyclic) bond motifs is 1. The lowest BCUT2D eigenvalue weighted by atomic mass is 10.2.